The molecule has 1 saturated carbocycles. The van der Waals surface area contributed by atoms with Crippen molar-refractivity contribution < 1.29 is 9.53 Å². The number of carbonyl (C=O) groups excluding carboxylic acids is 1. The topological polar surface area (TPSA) is 26.3 Å². The number of hydrogen-bond acceptors (Lipinski definition) is 2. The van der Waals surface area contributed by atoms with Gasteiger partial charge in [-0.2, -0.15) is 0 Å². The first kappa shape index (κ1) is 12.9. The van der Waals surface area contributed by atoms with E-state index in [2.05, 4.69) is 12.1 Å². The van der Waals surface area contributed by atoms with Gasteiger partial charge in [-0.15, -0.1) is 0 Å². The Hall–Kier alpha value is -1.57. The number of rotatable bonds is 0. The highest BCUT2D eigenvalue weighted by Crippen LogP contribution is 2.57. The first-order valence-electron chi connectivity index (χ1n) is 8.84. The molecule has 2 heteroatoms. The van der Waals surface area contributed by atoms with Gasteiger partial charge in [-0.25, -0.2) is 0 Å². The summed E-state index contributed by atoms with van der Waals surface area (Å²) in [5.41, 5.74) is 5.79. The lowest BCUT2D eigenvalue weighted by Gasteiger charge is -2.42. The quantitative estimate of drug-likeness (QED) is 0.722. The van der Waals surface area contributed by atoms with E-state index >= 15 is 0 Å². The maximum absolute atomic E-state index is 12.1. The minimum Gasteiger partial charge on any atom is -0.488 e. The first-order valence-corrected chi connectivity index (χ1v) is 8.84. The number of allylic oxidation sites excluding steroid dienone is 1. The van der Waals surface area contributed by atoms with Gasteiger partial charge >= 0.3 is 0 Å². The highest BCUT2D eigenvalue weighted by molar-refractivity contribution is 5.93. The van der Waals surface area contributed by atoms with Crippen molar-refractivity contribution in [1.29, 1.82) is 0 Å². The van der Waals surface area contributed by atoms with E-state index in [-0.39, 0.29) is 17.3 Å². The Morgan fingerprint density at radius 1 is 1.00 bits per heavy atom. The van der Waals surface area contributed by atoms with Crippen LogP contribution >= 0.6 is 0 Å². The average molecular weight is 294 g/mol. The van der Waals surface area contributed by atoms with E-state index in [0.29, 0.717) is 6.42 Å². The molecule has 0 N–H and O–H groups in total. The van der Waals surface area contributed by atoms with Crippen molar-refractivity contribution in [2.45, 2.75) is 69.3 Å². The van der Waals surface area contributed by atoms with Crippen LogP contribution in [0.25, 0.3) is 0 Å². The molecule has 22 heavy (non-hydrogen) atoms. The minimum atomic E-state index is 0.0218. The molecule has 1 aromatic rings. The van der Waals surface area contributed by atoms with Crippen molar-refractivity contribution >= 4 is 5.78 Å². The second-order valence-corrected chi connectivity index (χ2v) is 7.45. The number of ketones is 1. The number of hydrogen-bond donors (Lipinski definition) is 0. The third-order valence-electron chi connectivity index (χ3n) is 6.31. The molecule has 0 amide bonds. The van der Waals surface area contributed by atoms with Crippen molar-refractivity contribution in [2.75, 3.05) is 0 Å². The molecule has 0 unspecified atom stereocenters. The summed E-state index contributed by atoms with van der Waals surface area (Å²) in [5, 5.41) is 0. The molecule has 2 atom stereocenters. The SMILES string of the molecule is O=C1C=C2CCCC[C@@]23c2cc4c(cc2O[C@H]3C1)CCCC4. The van der Waals surface area contributed by atoms with Gasteiger partial charge in [0.1, 0.15) is 11.9 Å². The van der Waals surface area contributed by atoms with Gasteiger partial charge in [0.2, 0.25) is 0 Å². The van der Waals surface area contributed by atoms with E-state index in [0.717, 1.165) is 18.6 Å². The molecule has 3 aliphatic carbocycles. The van der Waals surface area contributed by atoms with Gasteiger partial charge in [-0.3, -0.25) is 4.79 Å². The zero-order chi connectivity index (χ0) is 14.7. The number of fused-ring (bicyclic) bond motifs is 2. The number of aryl methyl sites for hydroxylation is 2. The van der Waals surface area contributed by atoms with E-state index in [1.54, 1.807) is 0 Å². The van der Waals surface area contributed by atoms with Crippen LogP contribution in [0.5, 0.6) is 5.75 Å². The molecule has 4 aliphatic rings. The van der Waals surface area contributed by atoms with Crippen molar-refractivity contribution in [2.24, 2.45) is 0 Å². The van der Waals surface area contributed by atoms with Gasteiger partial charge in [0.15, 0.2) is 5.78 Å². The van der Waals surface area contributed by atoms with Crippen LogP contribution in [0.15, 0.2) is 23.8 Å². The highest BCUT2D eigenvalue weighted by atomic mass is 16.5. The molecule has 1 spiro atoms. The molecule has 1 aliphatic heterocycles. The zero-order valence-corrected chi connectivity index (χ0v) is 13.0. The van der Waals surface area contributed by atoms with Gasteiger partial charge < -0.3 is 4.74 Å². The minimum absolute atomic E-state index is 0.0218. The monoisotopic (exact) mass is 294 g/mol. The molecule has 1 fully saturated rings. The fourth-order valence-electron chi connectivity index (χ4n) is 5.27. The van der Waals surface area contributed by atoms with Crippen molar-refractivity contribution in [3.63, 3.8) is 0 Å². The third-order valence-corrected chi connectivity index (χ3v) is 6.31. The maximum Gasteiger partial charge on any atom is 0.159 e. The Bertz CT molecular complexity index is 700. The normalized spacial score (nSPS) is 32.3. The van der Waals surface area contributed by atoms with Crippen molar-refractivity contribution in [3.05, 3.63) is 40.5 Å². The van der Waals surface area contributed by atoms with E-state index in [1.807, 2.05) is 6.08 Å². The fraction of sp³-hybridized carbons (Fsp3) is 0.550. The van der Waals surface area contributed by atoms with Crippen LogP contribution in [-0.2, 0) is 23.1 Å². The van der Waals surface area contributed by atoms with Gasteiger partial charge in [0.05, 0.1) is 5.41 Å². The van der Waals surface area contributed by atoms with Gasteiger partial charge in [0.25, 0.3) is 0 Å². The third kappa shape index (κ3) is 1.59. The predicted molar refractivity (Wildman–Crippen MR) is 85.4 cm³/mol. The van der Waals surface area contributed by atoms with E-state index in [1.165, 1.54) is 60.8 Å². The largest absolute Gasteiger partial charge is 0.488 e. The Kier molecular flexibility index (Phi) is 2.62. The lowest BCUT2D eigenvalue weighted by Crippen LogP contribution is -2.45. The second-order valence-electron chi connectivity index (χ2n) is 7.45. The molecule has 0 radical (unpaired) electrons. The van der Waals surface area contributed by atoms with Gasteiger partial charge in [-0.05, 0) is 68.2 Å². The predicted octanol–water partition coefficient (Wildman–Crippen LogP) is 4.04. The van der Waals surface area contributed by atoms with E-state index in [4.69, 9.17) is 4.74 Å². The first-order chi connectivity index (χ1) is 10.8. The standard InChI is InChI=1S/C20H22O2/c21-16-11-15-7-3-4-8-20(15)17-9-13-5-1-2-6-14(13)10-18(17)22-19(20)12-16/h9-11,19H,1-8,12H2/t19-,20-/m0/s1. The average Bonchev–Trinajstić information content (AvgIpc) is 2.83. The lowest BCUT2D eigenvalue weighted by molar-refractivity contribution is -0.117. The van der Waals surface area contributed by atoms with Crippen molar-refractivity contribution in [3.8, 4) is 5.75 Å². The van der Waals surface area contributed by atoms with Gasteiger partial charge in [0, 0.05) is 12.0 Å². The molecular weight excluding hydrogens is 272 g/mol. The van der Waals surface area contributed by atoms with Crippen LogP contribution in [0.4, 0.5) is 0 Å². The summed E-state index contributed by atoms with van der Waals surface area (Å²) < 4.78 is 6.35. The number of ether oxygens (including phenoxy) is 1. The summed E-state index contributed by atoms with van der Waals surface area (Å²) in [5.74, 6) is 1.34. The lowest BCUT2D eigenvalue weighted by atomic mass is 9.60. The Morgan fingerprint density at radius 3 is 2.64 bits per heavy atom. The van der Waals surface area contributed by atoms with Crippen LogP contribution < -0.4 is 4.74 Å². The molecule has 5 rings (SSSR count). The summed E-state index contributed by atoms with van der Waals surface area (Å²) in [6.07, 6.45) is 12.3. The molecular formula is C20H22O2. The summed E-state index contributed by atoms with van der Waals surface area (Å²) in [4.78, 5) is 12.1. The summed E-state index contributed by atoms with van der Waals surface area (Å²) in [7, 11) is 0. The molecule has 114 valence electrons. The van der Waals surface area contributed by atoms with Crippen LogP contribution in [0.2, 0.25) is 0 Å². The van der Waals surface area contributed by atoms with E-state index in [9.17, 15) is 4.79 Å². The fourth-order valence-corrected chi connectivity index (χ4v) is 5.27. The Labute approximate surface area is 131 Å². The number of carbonyl (C=O) groups is 1. The summed E-state index contributed by atoms with van der Waals surface area (Å²) in [6, 6.07) is 4.74. The Morgan fingerprint density at radius 2 is 1.77 bits per heavy atom. The van der Waals surface area contributed by atoms with Crippen LogP contribution in [0.3, 0.4) is 0 Å². The highest BCUT2D eigenvalue weighted by Gasteiger charge is 2.54. The zero-order valence-electron chi connectivity index (χ0n) is 13.0. The number of benzene rings is 1. The second kappa shape index (κ2) is 4.47. The Balaban J connectivity index is 1.71. The summed E-state index contributed by atoms with van der Waals surface area (Å²) in [6.45, 7) is 0. The molecule has 0 saturated heterocycles. The maximum atomic E-state index is 12.1. The summed E-state index contributed by atoms with van der Waals surface area (Å²) >= 11 is 0. The van der Waals surface area contributed by atoms with Crippen LogP contribution in [-0.4, -0.2) is 11.9 Å². The van der Waals surface area contributed by atoms with Crippen molar-refractivity contribution in [1.82, 2.24) is 0 Å². The van der Waals surface area contributed by atoms with E-state index < -0.39 is 0 Å². The van der Waals surface area contributed by atoms with Crippen LogP contribution in [0.1, 0.15) is 61.6 Å². The van der Waals surface area contributed by atoms with Gasteiger partial charge in [-0.1, -0.05) is 18.1 Å². The molecule has 1 aromatic carbocycles. The molecule has 0 bridgehead atoms. The molecule has 1 heterocycles. The molecule has 2 nitrogen and oxygen atoms in total. The smallest absolute Gasteiger partial charge is 0.159 e. The van der Waals surface area contributed by atoms with Crippen LogP contribution in [0, 0.1) is 0 Å². The molecule has 0 aromatic heterocycles.